The third kappa shape index (κ3) is 6.70. The summed E-state index contributed by atoms with van der Waals surface area (Å²) < 4.78 is 24.9. The molecule has 0 fully saturated rings. The zero-order valence-corrected chi connectivity index (χ0v) is 13.5. The number of carbonyl (C=O) groups is 1. The summed E-state index contributed by atoms with van der Waals surface area (Å²) in [6, 6.07) is 7.49. The first-order chi connectivity index (χ1) is 9.63. The summed E-state index contributed by atoms with van der Waals surface area (Å²) in [5.74, 6) is -0.167. The van der Waals surface area contributed by atoms with Gasteiger partial charge in [-0.1, -0.05) is 24.3 Å². The number of nitrogens with one attached hydrogen (secondary N) is 2. The molecule has 0 radical (unpaired) electrons. The van der Waals surface area contributed by atoms with Crippen LogP contribution in [0.5, 0.6) is 0 Å². The molecule has 21 heavy (non-hydrogen) atoms. The van der Waals surface area contributed by atoms with Gasteiger partial charge in [-0.3, -0.25) is 4.79 Å². The maximum atomic E-state index is 12.0. The van der Waals surface area contributed by atoms with Crippen molar-refractivity contribution in [1.82, 2.24) is 10.0 Å². The zero-order valence-electron chi connectivity index (χ0n) is 12.6. The van der Waals surface area contributed by atoms with E-state index < -0.39 is 15.6 Å². The minimum atomic E-state index is -3.32. The molecule has 0 spiro atoms. The topological polar surface area (TPSA) is 101 Å². The van der Waals surface area contributed by atoms with Crippen molar-refractivity contribution < 1.29 is 13.2 Å². The van der Waals surface area contributed by atoms with E-state index in [9.17, 15) is 13.2 Å². The Labute approximate surface area is 126 Å². The molecule has 0 bridgehead atoms. The van der Waals surface area contributed by atoms with Gasteiger partial charge in [0.1, 0.15) is 0 Å². The summed E-state index contributed by atoms with van der Waals surface area (Å²) in [7, 11) is -3.32. The second-order valence-corrected chi connectivity index (χ2v) is 7.43. The molecule has 0 unspecified atom stereocenters. The van der Waals surface area contributed by atoms with E-state index in [-0.39, 0.29) is 18.9 Å². The maximum Gasteiger partial charge on any atom is 0.224 e. The summed E-state index contributed by atoms with van der Waals surface area (Å²) in [6.45, 7) is 4.01. The van der Waals surface area contributed by atoms with Crippen molar-refractivity contribution >= 4 is 15.9 Å². The molecule has 1 rings (SSSR count). The van der Waals surface area contributed by atoms with Gasteiger partial charge in [-0.25, -0.2) is 13.1 Å². The molecule has 6 nitrogen and oxygen atoms in total. The lowest BCUT2D eigenvalue weighted by Gasteiger charge is -2.25. The molecule has 0 saturated heterocycles. The number of carbonyl (C=O) groups excluding carboxylic acids is 1. The molecule has 0 aliphatic carbocycles. The van der Waals surface area contributed by atoms with Crippen molar-refractivity contribution in [2.24, 2.45) is 5.73 Å². The van der Waals surface area contributed by atoms with Crippen molar-refractivity contribution in [3.05, 3.63) is 35.4 Å². The number of amides is 1. The summed E-state index contributed by atoms with van der Waals surface area (Å²) in [6.07, 6.45) is 1.32. The van der Waals surface area contributed by atoms with E-state index in [0.717, 1.165) is 17.4 Å². The van der Waals surface area contributed by atoms with Crippen LogP contribution in [-0.2, 0) is 27.8 Å². The third-order valence-corrected chi connectivity index (χ3v) is 3.80. The number of nitrogens with two attached hydrogens (primary N) is 1. The molecular formula is C14H23N3O3S. The van der Waals surface area contributed by atoms with Crippen LogP contribution in [0.25, 0.3) is 0 Å². The third-order valence-electron chi connectivity index (χ3n) is 2.88. The largest absolute Gasteiger partial charge is 0.354 e. The highest BCUT2D eigenvalue weighted by atomic mass is 32.2. The standard InChI is InChI=1S/C14H23N3O3S/c1-14(2,17-21(3,19)20)10-16-13(18)8-11-6-4-5-7-12(11)9-15/h4-7,17H,8-10,15H2,1-3H3,(H,16,18). The first-order valence-electron chi connectivity index (χ1n) is 6.65. The molecular weight excluding hydrogens is 290 g/mol. The van der Waals surface area contributed by atoms with Crippen molar-refractivity contribution in [3.63, 3.8) is 0 Å². The Bertz CT molecular complexity index is 597. The molecule has 0 aliphatic rings. The Kier molecular flexibility index (Phi) is 5.88. The lowest BCUT2D eigenvalue weighted by atomic mass is 10.0. The minimum Gasteiger partial charge on any atom is -0.354 e. The van der Waals surface area contributed by atoms with Crippen LogP contribution in [0.1, 0.15) is 25.0 Å². The van der Waals surface area contributed by atoms with E-state index >= 15 is 0 Å². The van der Waals surface area contributed by atoms with Gasteiger partial charge < -0.3 is 11.1 Å². The fourth-order valence-electron chi connectivity index (χ4n) is 2.02. The average Bonchev–Trinajstić information content (AvgIpc) is 2.34. The van der Waals surface area contributed by atoms with E-state index in [0.29, 0.717) is 6.54 Å². The van der Waals surface area contributed by atoms with Gasteiger partial charge in [0.2, 0.25) is 15.9 Å². The quantitative estimate of drug-likeness (QED) is 0.666. The van der Waals surface area contributed by atoms with E-state index in [1.165, 1.54) is 0 Å². The van der Waals surface area contributed by atoms with Crippen LogP contribution in [0.2, 0.25) is 0 Å². The van der Waals surface area contributed by atoms with Crippen molar-refractivity contribution in [3.8, 4) is 0 Å². The van der Waals surface area contributed by atoms with E-state index in [2.05, 4.69) is 10.0 Å². The molecule has 0 atom stereocenters. The summed E-state index contributed by atoms with van der Waals surface area (Å²) >= 11 is 0. The van der Waals surface area contributed by atoms with Gasteiger partial charge in [0.15, 0.2) is 0 Å². The van der Waals surface area contributed by atoms with Gasteiger partial charge in [0.25, 0.3) is 0 Å². The molecule has 0 saturated carbocycles. The normalized spacial score (nSPS) is 12.2. The maximum absolute atomic E-state index is 12.0. The van der Waals surface area contributed by atoms with Crippen LogP contribution < -0.4 is 15.8 Å². The Hall–Kier alpha value is -1.44. The number of benzene rings is 1. The van der Waals surface area contributed by atoms with E-state index in [1.807, 2.05) is 24.3 Å². The molecule has 0 aliphatic heterocycles. The van der Waals surface area contributed by atoms with Gasteiger partial charge >= 0.3 is 0 Å². The lowest BCUT2D eigenvalue weighted by Crippen LogP contribution is -2.51. The fourth-order valence-corrected chi connectivity index (χ4v) is 3.10. The summed E-state index contributed by atoms with van der Waals surface area (Å²) in [5.41, 5.74) is 6.70. The van der Waals surface area contributed by atoms with Gasteiger partial charge in [-0.2, -0.15) is 0 Å². The average molecular weight is 313 g/mol. The van der Waals surface area contributed by atoms with Crippen LogP contribution in [0, 0.1) is 0 Å². The molecule has 1 amide bonds. The van der Waals surface area contributed by atoms with Crippen LogP contribution in [-0.4, -0.2) is 32.7 Å². The number of hydrogen-bond donors (Lipinski definition) is 3. The monoisotopic (exact) mass is 313 g/mol. The van der Waals surface area contributed by atoms with Crippen LogP contribution in [0.3, 0.4) is 0 Å². The highest BCUT2D eigenvalue weighted by Crippen LogP contribution is 2.09. The van der Waals surface area contributed by atoms with Crippen LogP contribution in [0.4, 0.5) is 0 Å². The SMILES string of the molecule is CC(C)(CNC(=O)Cc1ccccc1CN)NS(C)(=O)=O. The fraction of sp³-hybridized carbons (Fsp3) is 0.500. The predicted octanol–water partition coefficient (Wildman–Crippen LogP) is 0.132. The van der Waals surface area contributed by atoms with E-state index in [1.54, 1.807) is 13.8 Å². The number of rotatable bonds is 7. The molecule has 4 N–H and O–H groups in total. The van der Waals surface area contributed by atoms with Gasteiger partial charge in [0, 0.05) is 18.6 Å². The minimum absolute atomic E-state index is 0.167. The highest BCUT2D eigenvalue weighted by Gasteiger charge is 2.22. The van der Waals surface area contributed by atoms with E-state index in [4.69, 9.17) is 5.73 Å². The highest BCUT2D eigenvalue weighted by molar-refractivity contribution is 7.88. The van der Waals surface area contributed by atoms with Crippen molar-refractivity contribution in [2.75, 3.05) is 12.8 Å². The molecule has 118 valence electrons. The van der Waals surface area contributed by atoms with Gasteiger partial charge in [0.05, 0.1) is 12.7 Å². The Balaban J connectivity index is 2.58. The Morgan fingerprint density at radius 1 is 1.24 bits per heavy atom. The second kappa shape index (κ2) is 7.02. The first kappa shape index (κ1) is 17.6. The first-order valence-corrected chi connectivity index (χ1v) is 8.54. The summed E-state index contributed by atoms with van der Waals surface area (Å²) in [5, 5.41) is 2.74. The Morgan fingerprint density at radius 3 is 2.33 bits per heavy atom. The molecule has 0 aromatic heterocycles. The van der Waals surface area contributed by atoms with Crippen molar-refractivity contribution in [1.29, 1.82) is 0 Å². The van der Waals surface area contributed by atoms with Gasteiger partial charge in [-0.05, 0) is 25.0 Å². The molecule has 0 heterocycles. The zero-order chi connectivity index (χ0) is 16.1. The van der Waals surface area contributed by atoms with Gasteiger partial charge in [-0.15, -0.1) is 0 Å². The lowest BCUT2D eigenvalue weighted by molar-refractivity contribution is -0.120. The molecule has 1 aromatic rings. The molecule has 1 aromatic carbocycles. The van der Waals surface area contributed by atoms with Crippen molar-refractivity contribution in [2.45, 2.75) is 32.4 Å². The second-order valence-electron chi connectivity index (χ2n) is 5.68. The summed E-state index contributed by atoms with van der Waals surface area (Å²) in [4.78, 5) is 12.0. The number of hydrogen-bond acceptors (Lipinski definition) is 4. The van der Waals surface area contributed by atoms with Crippen LogP contribution in [0.15, 0.2) is 24.3 Å². The Morgan fingerprint density at radius 2 is 1.81 bits per heavy atom. The smallest absolute Gasteiger partial charge is 0.224 e. The van der Waals surface area contributed by atoms with Crippen LogP contribution >= 0.6 is 0 Å². The number of sulfonamides is 1. The molecule has 7 heteroatoms. The predicted molar refractivity (Wildman–Crippen MR) is 83.1 cm³/mol.